The van der Waals surface area contributed by atoms with Crippen LogP contribution in [0.4, 0.5) is 13.2 Å². The molecule has 9 heteroatoms. The molecule has 2 aliphatic rings. The first kappa shape index (κ1) is 15.1. The summed E-state index contributed by atoms with van der Waals surface area (Å²) in [5.74, 6) is 1.34. The zero-order valence-corrected chi connectivity index (χ0v) is 12.4. The first-order chi connectivity index (χ1) is 10.0. The molecule has 2 atom stereocenters. The van der Waals surface area contributed by atoms with Gasteiger partial charge in [-0.3, -0.25) is 4.90 Å². The molecule has 0 radical (unpaired) electrons. The Labute approximate surface area is 125 Å². The molecule has 0 amide bonds. The van der Waals surface area contributed by atoms with Crippen molar-refractivity contribution in [1.29, 1.82) is 0 Å². The summed E-state index contributed by atoms with van der Waals surface area (Å²) < 4.78 is 38.4. The zero-order chi connectivity index (χ0) is 14.9. The van der Waals surface area contributed by atoms with E-state index in [0.717, 1.165) is 23.4 Å². The van der Waals surface area contributed by atoms with Crippen molar-refractivity contribution in [1.82, 2.24) is 25.1 Å². The maximum absolute atomic E-state index is 12.5. The second-order valence-electron chi connectivity index (χ2n) is 5.60. The van der Waals surface area contributed by atoms with Gasteiger partial charge in [0.25, 0.3) is 0 Å². The molecule has 1 aromatic heterocycles. The van der Waals surface area contributed by atoms with Crippen LogP contribution in [-0.4, -0.2) is 54.9 Å². The molecule has 118 valence electrons. The van der Waals surface area contributed by atoms with Crippen LogP contribution in [0, 0.1) is 0 Å². The van der Waals surface area contributed by atoms with Gasteiger partial charge in [-0.2, -0.15) is 24.9 Å². The minimum atomic E-state index is -4.30. The van der Waals surface area contributed by atoms with Gasteiger partial charge in [-0.05, 0) is 23.3 Å². The molecule has 1 aromatic rings. The van der Waals surface area contributed by atoms with E-state index in [2.05, 4.69) is 20.4 Å². The van der Waals surface area contributed by atoms with Gasteiger partial charge in [0.1, 0.15) is 6.54 Å². The fourth-order valence-corrected chi connectivity index (χ4v) is 4.69. The molecule has 2 heterocycles. The Morgan fingerprint density at radius 2 is 2.05 bits per heavy atom. The predicted octanol–water partition coefficient (Wildman–Crippen LogP) is 2.10. The highest BCUT2D eigenvalue weighted by Gasteiger charge is 2.35. The second-order valence-corrected chi connectivity index (χ2v) is 6.95. The normalized spacial score (nSPS) is 27.6. The third-order valence-corrected chi connectivity index (χ3v) is 5.52. The SMILES string of the molecule is FC(F)(F)Cn1nnnc1CN1CCS[C@H]2CCCC[C@@H]21. The summed E-state index contributed by atoms with van der Waals surface area (Å²) >= 11 is 2.00. The van der Waals surface area contributed by atoms with Gasteiger partial charge < -0.3 is 0 Å². The van der Waals surface area contributed by atoms with Crippen molar-refractivity contribution in [3.63, 3.8) is 0 Å². The molecule has 3 rings (SSSR count). The van der Waals surface area contributed by atoms with E-state index in [-0.39, 0.29) is 0 Å². The minimum Gasteiger partial charge on any atom is -0.291 e. The van der Waals surface area contributed by atoms with Crippen LogP contribution < -0.4 is 0 Å². The fraction of sp³-hybridized carbons (Fsp3) is 0.917. The van der Waals surface area contributed by atoms with E-state index in [1.165, 1.54) is 19.3 Å². The van der Waals surface area contributed by atoms with Gasteiger partial charge in [-0.25, -0.2) is 4.68 Å². The van der Waals surface area contributed by atoms with Gasteiger partial charge in [-0.15, -0.1) is 5.10 Å². The molecule has 1 aliphatic heterocycles. The lowest BCUT2D eigenvalue weighted by Gasteiger charge is -2.43. The Hall–Kier alpha value is -0.830. The number of halogens is 3. The van der Waals surface area contributed by atoms with Crippen molar-refractivity contribution >= 4 is 11.8 Å². The molecular weight excluding hydrogens is 303 g/mol. The first-order valence-corrected chi connectivity index (χ1v) is 8.25. The van der Waals surface area contributed by atoms with Gasteiger partial charge >= 0.3 is 6.18 Å². The van der Waals surface area contributed by atoms with E-state index in [9.17, 15) is 13.2 Å². The lowest BCUT2D eigenvalue weighted by atomic mass is 9.93. The monoisotopic (exact) mass is 321 g/mol. The number of hydrogen-bond acceptors (Lipinski definition) is 5. The van der Waals surface area contributed by atoms with E-state index in [4.69, 9.17) is 0 Å². The highest BCUT2D eigenvalue weighted by molar-refractivity contribution is 8.00. The van der Waals surface area contributed by atoms with Crippen molar-refractivity contribution in [2.24, 2.45) is 0 Å². The Balaban J connectivity index is 1.69. The lowest BCUT2D eigenvalue weighted by Crippen LogP contribution is -2.48. The number of rotatable bonds is 3. The highest BCUT2D eigenvalue weighted by Crippen LogP contribution is 2.36. The van der Waals surface area contributed by atoms with Gasteiger partial charge in [0.15, 0.2) is 5.82 Å². The molecule has 5 nitrogen and oxygen atoms in total. The predicted molar refractivity (Wildman–Crippen MR) is 72.8 cm³/mol. The van der Waals surface area contributed by atoms with Gasteiger partial charge in [0.2, 0.25) is 0 Å². The molecule has 1 aliphatic carbocycles. The highest BCUT2D eigenvalue weighted by atomic mass is 32.2. The lowest BCUT2D eigenvalue weighted by molar-refractivity contribution is -0.143. The van der Waals surface area contributed by atoms with E-state index in [1.807, 2.05) is 11.8 Å². The Morgan fingerprint density at radius 1 is 1.24 bits per heavy atom. The van der Waals surface area contributed by atoms with Gasteiger partial charge in [0, 0.05) is 23.6 Å². The van der Waals surface area contributed by atoms with Crippen LogP contribution in [0.5, 0.6) is 0 Å². The average molecular weight is 321 g/mol. The number of aromatic nitrogens is 4. The summed E-state index contributed by atoms with van der Waals surface area (Å²) in [4.78, 5) is 2.26. The molecule has 0 aromatic carbocycles. The summed E-state index contributed by atoms with van der Waals surface area (Å²) in [6.07, 6.45) is 0.493. The molecule has 0 N–H and O–H groups in total. The van der Waals surface area contributed by atoms with Crippen LogP contribution in [-0.2, 0) is 13.1 Å². The van der Waals surface area contributed by atoms with Gasteiger partial charge in [0.05, 0.1) is 6.54 Å². The van der Waals surface area contributed by atoms with Crippen LogP contribution in [0.15, 0.2) is 0 Å². The maximum atomic E-state index is 12.5. The standard InChI is InChI=1S/C12H18F3N5S/c13-12(14,15)8-20-11(16-17-18-20)7-19-5-6-21-10-4-2-1-3-9(10)19/h9-10H,1-8H2/t9-,10-/m0/s1. The van der Waals surface area contributed by atoms with Crippen LogP contribution in [0.25, 0.3) is 0 Å². The number of fused-ring (bicyclic) bond motifs is 1. The number of alkyl halides is 3. The summed E-state index contributed by atoms with van der Waals surface area (Å²) in [5, 5.41) is 11.3. The summed E-state index contributed by atoms with van der Waals surface area (Å²) in [6, 6.07) is 0.452. The van der Waals surface area contributed by atoms with Crippen LogP contribution in [0.3, 0.4) is 0 Å². The average Bonchev–Trinajstić information content (AvgIpc) is 2.84. The van der Waals surface area contributed by atoms with Gasteiger partial charge in [-0.1, -0.05) is 12.8 Å². The Bertz CT molecular complexity index is 476. The minimum absolute atomic E-state index is 0.309. The number of tetrazole rings is 1. The molecule has 0 bridgehead atoms. The van der Waals surface area contributed by atoms with Crippen molar-refractivity contribution < 1.29 is 13.2 Å². The summed E-state index contributed by atoms with van der Waals surface area (Å²) in [7, 11) is 0. The fourth-order valence-electron chi connectivity index (χ4n) is 3.18. The largest absolute Gasteiger partial charge is 0.408 e. The Morgan fingerprint density at radius 3 is 2.86 bits per heavy atom. The van der Waals surface area contributed by atoms with Crippen molar-refractivity contribution in [3.05, 3.63) is 5.82 Å². The zero-order valence-electron chi connectivity index (χ0n) is 11.6. The number of hydrogen-bond donors (Lipinski definition) is 0. The molecule has 2 fully saturated rings. The van der Waals surface area contributed by atoms with Crippen LogP contribution in [0.2, 0.25) is 0 Å². The van der Waals surface area contributed by atoms with Crippen LogP contribution >= 0.6 is 11.8 Å². The van der Waals surface area contributed by atoms with E-state index in [1.54, 1.807) is 0 Å². The third kappa shape index (κ3) is 3.68. The van der Waals surface area contributed by atoms with E-state index < -0.39 is 12.7 Å². The first-order valence-electron chi connectivity index (χ1n) is 7.20. The molecule has 21 heavy (non-hydrogen) atoms. The topological polar surface area (TPSA) is 46.8 Å². The maximum Gasteiger partial charge on any atom is 0.408 e. The second kappa shape index (κ2) is 6.12. The molecule has 1 saturated heterocycles. The number of nitrogens with zero attached hydrogens (tertiary/aromatic N) is 5. The van der Waals surface area contributed by atoms with Crippen LogP contribution in [0.1, 0.15) is 31.5 Å². The molecule has 1 saturated carbocycles. The molecule has 0 spiro atoms. The van der Waals surface area contributed by atoms with Crippen molar-refractivity contribution in [2.75, 3.05) is 12.3 Å². The van der Waals surface area contributed by atoms with E-state index in [0.29, 0.717) is 23.7 Å². The smallest absolute Gasteiger partial charge is 0.291 e. The summed E-state index contributed by atoms with van der Waals surface area (Å²) in [6.45, 7) is 0.182. The summed E-state index contributed by atoms with van der Waals surface area (Å²) in [5.41, 5.74) is 0. The third-order valence-electron chi connectivity index (χ3n) is 4.13. The van der Waals surface area contributed by atoms with E-state index >= 15 is 0 Å². The molecular formula is C12H18F3N5S. The van der Waals surface area contributed by atoms with Crippen molar-refractivity contribution in [2.45, 2.75) is 56.2 Å². The number of thioether (sulfide) groups is 1. The van der Waals surface area contributed by atoms with Crippen molar-refractivity contribution in [3.8, 4) is 0 Å². The quantitative estimate of drug-likeness (QED) is 0.853. The molecule has 0 unspecified atom stereocenters. The Kier molecular flexibility index (Phi) is 4.39.